The molecule has 5 heteroatoms. The van der Waals surface area contributed by atoms with Crippen LogP contribution in [0, 0.1) is 0 Å². The van der Waals surface area contributed by atoms with Crippen LogP contribution in [0.5, 0.6) is 5.75 Å². The average Bonchev–Trinajstić information content (AvgIpc) is 2.47. The van der Waals surface area contributed by atoms with E-state index in [0.29, 0.717) is 13.1 Å². The molecule has 0 radical (unpaired) electrons. The minimum atomic E-state index is -0.533. The summed E-state index contributed by atoms with van der Waals surface area (Å²) >= 11 is 0. The minimum Gasteiger partial charge on any atom is -0.497 e. The van der Waals surface area contributed by atoms with Crippen LogP contribution in [0.3, 0.4) is 0 Å². The van der Waals surface area contributed by atoms with Crippen LogP contribution in [-0.2, 0) is 13.1 Å². The summed E-state index contributed by atoms with van der Waals surface area (Å²) in [7, 11) is 1.60. The van der Waals surface area contributed by atoms with Crippen LogP contribution in [0.2, 0.25) is 0 Å². The van der Waals surface area contributed by atoms with E-state index in [-0.39, 0.29) is 0 Å². The van der Waals surface area contributed by atoms with Crippen LogP contribution in [0.1, 0.15) is 12.5 Å². The van der Waals surface area contributed by atoms with Gasteiger partial charge in [-0.25, -0.2) is 0 Å². The first-order chi connectivity index (χ1) is 10.0. The number of allylic oxidation sites excluding steroid dienone is 1. The third kappa shape index (κ3) is 3.51. The van der Waals surface area contributed by atoms with Gasteiger partial charge >= 0.3 is 11.1 Å². The van der Waals surface area contributed by atoms with Gasteiger partial charge in [0.25, 0.3) is 0 Å². The van der Waals surface area contributed by atoms with E-state index >= 15 is 0 Å². The molecule has 1 aromatic carbocycles. The van der Waals surface area contributed by atoms with Crippen LogP contribution in [0.15, 0.2) is 58.4 Å². The Morgan fingerprint density at radius 1 is 1.10 bits per heavy atom. The highest BCUT2D eigenvalue weighted by molar-refractivity contribution is 5.27. The Morgan fingerprint density at radius 2 is 1.67 bits per heavy atom. The summed E-state index contributed by atoms with van der Waals surface area (Å²) in [5, 5.41) is 0. The molecule has 0 bridgehead atoms. The van der Waals surface area contributed by atoms with Crippen molar-refractivity contribution in [3.63, 3.8) is 0 Å². The molecule has 0 aliphatic carbocycles. The van der Waals surface area contributed by atoms with Crippen LogP contribution >= 0.6 is 0 Å². The zero-order valence-electron chi connectivity index (χ0n) is 12.2. The lowest BCUT2D eigenvalue weighted by Crippen LogP contribution is -2.40. The standard InChI is InChI=1S/C16H18N2O3/c1-12(2)10-17-8-9-18(16(20)15(17)19)11-13-4-6-14(21-3)7-5-13/h4-9H,1,10-11H2,2-3H3. The van der Waals surface area contributed by atoms with E-state index in [2.05, 4.69) is 6.58 Å². The fourth-order valence-electron chi connectivity index (χ4n) is 2.01. The zero-order chi connectivity index (χ0) is 15.4. The van der Waals surface area contributed by atoms with Crippen molar-refractivity contribution >= 4 is 0 Å². The van der Waals surface area contributed by atoms with E-state index in [0.717, 1.165) is 16.9 Å². The molecule has 0 saturated heterocycles. The average molecular weight is 286 g/mol. The predicted octanol–water partition coefficient (Wildman–Crippen LogP) is 1.64. The van der Waals surface area contributed by atoms with Crippen LogP contribution in [-0.4, -0.2) is 16.2 Å². The Bertz CT molecular complexity index is 754. The summed E-state index contributed by atoms with van der Waals surface area (Å²) in [5.74, 6) is 0.753. The first kappa shape index (κ1) is 14.8. The normalized spacial score (nSPS) is 10.4. The quantitative estimate of drug-likeness (QED) is 0.620. The molecular formula is C16H18N2O3. The van der Waals surface area contributed by atoms with Gasteiger partial charge in [0.1, 0.15) is 5.75 Å². The molecule has 0 atom stereocenters. The second-order valence-corrected chi connectivity index (χ2v) is 4.97. The topological polar surface area (TPSA) is 53.2 Å². The number of ether oxygens (including phenoxy) is 1. The molecule has 0 fully saturated rings. The fourth-order valence-corrected chi connectivity index (χ4v) is 2.01. The van der Waals surface area contributed by atoms with E-state index in [1.807, 2.05) is 31.2 Å². The van der Waals surface area contributed by atoms with E-state index in [4.69, 9.17) is 4.74 Å². The molecule has 0 N–H and O–H groups in total. The van der Waals surface area contributed by atoms with Gasteiger partial charge in [-0.1, -0.05) is 24.3 Å². The second-order valence-electron chi connectivity index (χ2n) is 4.97. The molecule has 0 aliphatic heterocycles. The smallest absolute Gasteiger partial charge is 0.316 e. The van der Waals surface area contributed by atoms with E-state index in [1.54, 1.807) is 19.5 Å². The van der Waals surface area contributed by atoms with Crippen molar-refractivity contribution in [3.05, 3.63) is 75.1 Å². The maximum absolute atomic E-state index is 12.1. The molecule has 2 rings (SSSR count). The lowest BCUT2D eigenvalue weighted by atomic mass is 10.2. The van der Waals surface area contributed by atoms with Gasteiger partial charge in [-0.3, -0.25) is 9.59 Å². The van der Waals surface area contributed by atoms with Crippen molar-refractivity contribution in [2.45, 2.75) is 20.0 Å². The highest BCUT2D eigenvalue weighted by Crippen LogP contribution is 2.11. The zero-order valence-corrected chi connectivity index (χ0v) is 12.2. The molecule has 5 nitrogen and oxygen atoms in total. The third-order valence-electron chi connectivity index (χ3n) is 3.08. The SMILES string of the molecule is C=C(C)Cn1ccn(Cc2ccc(OC)cc2)c(=O)c1=O. The van der Waals surface area contributed by atoms with Gasteiger partial charge in [-0.05, 0) is 24.6 Å². The first-order valence-electron chi connectivity index (χ1n) is 6.58. The Morgan fingerprint density at radius 3 is 2.24 bits per heavy atom. The van der Waals surface area contributed by atoms with Crippen molar-refractivity contribution in [3.8, 4) is 5.75 Å². The maximum Gasteiger partial charge on any atom is 0.316 e. The molecule has 0 spiro atoms. The lowest BCUT2D eigenvalue weighted by Gasteiger charge is -2.09. The van der Waals surface area contributed by atoms with Gasteiger partial charge in [-0.15, -0.1) is 0 Å². The van der Waals surface area contributed by atoms with Crippen LogP contribution in [0.25, 0.3) is 0 Å². The highest BCUT2D eigenvalue weighted by atomic mass is 16.5. The number of rotatable bonds is 5. The number of methoxy groups -OCH3 is 1. The minimum absolute atomic E-state index is 0.353. The number of benzene rings is 1. The van der Waals surface area contributed by atoms with Crippen LogP contribution in [0.4, 0.5) is 0 Å². The molecule has 2 aromatic rings. The van der Waals surface area contributed by atoms with E-state index in [1.165, 1.54) is 9.13 Å². The Kier molecular flexibility index (Phi) is 4.42. The van der Waals surface area contributed by atoms with Crippen molar-refractivity contribution in [2.24, 2.45) is 0 Å². The van der Waals surface area contributed by atoms with Gasteiger partial charge in [0.05, 0.1) is 13.7 Å². The van der Waals surface area contributed by atoms with Crippen molar-refractivity contribution in [1.82, 2.24) is 9.13 Å². The van der Waals surface area contributed by atoms with Gasteiger partial charge in [-0.2, -0.15) is 0 Å². The van der Waals surface area contributed by atoms with Crippen molar-refractivity contribution in [2.75, 3.05) is 7.11 Å². The highest BCUT2D eigenvalue weighted by Gasteiger charge is 2.05. The number of hydrogen-bond acceptors (Lipinski definition) is 3. The van der Waals surface area contributed by atoms with Gasteiger partial charge in [0, 0.05) is 18.9 Å². The van der Waals surface area contributed by atoms with Gasteiger partial charge in [0.15, 0.2) is 0 Å². The molecule has 0 aliphatic rings. The third-order valence-corrected chi connectivity index (χ3v) is 3.08. The second kappa shape index (κ2) is 6.26. The van der Waals surface area contributed by atoms with Gasteiger partial charge < -0.3 is 13.9 Å². The largest absolute Gasteiger partial charge is 0.497 e. The molecule has 110 valence electrons. The van der Waals surface area contributed by atoms with Crippen molar-refractivity contribution in [1.29, 1.82) is 0 Å². The maximum atomic E-state index is 12.1. The Hall–Kier alpha value is -2.56. The summed E-state index contributed by atoms with van der Waals surface area (Å²) in [6.45, 7) is 6.27. The molecule has 1 aromatic heterocycles. The summed E-state index contributed by atoms with van der Waals surface area (Å²) in [6, 6.07) is 7.38. The molecule has 0 amide bonds. The Balaban J connectivity index is 2.28. The molecule has 0 unspecified atom stereocenters. The predicted molar refractivity (Wildman–Crippen MR) is 81.9 cm³/mol. The monoisotopic (exact) mass is 286 g/mol. The fraction of sp³-hybridized carbons (Fsp3) is 0.250. The number of nitrogens with zero attached hydrogens (tertiary/aromatic N) is 2. The molecule has 0 saturated carbocycles. The summed E-state index contributed by atoms with van der Waals surface area (Å²) in [5.41, 5.74) is 0.683. The number of hydrogen-bond donors (Lipinski definition) is 0. The molecule has 21 heavy (non-hydrogen) atoms. The lowest BCUT2D eigenvalue weighted by molar-refractivity contribution is 0.414. The van der Waals surface area contributed by atoms with Gasteiger partial charge in [0.2, 0.25) is 0 Å². The summed E-state index contributed by atoms with van der Waals surface area (Å²) in [4.78, 5) is 24.1. The Labute approximate surface area is 122 Å². The first-order valence-corrected chi connectivity index (χ1v) is 6.58. The van der Waals surface area contributed by atoms with E-state index < -0.39 is 11.1 Å². The van der Waals surface area contributed by atoms with Crippen LogP contribution < -0.4 is 15.9 Å². The molecular weight excluding hydrogens is 268 g/mol. The van der Waals surface area contributed by atoms with Crippen molar-refractivity contribution < 1.29 is 4.74 Å². The number of aromatic nitrogens is 2. The summed E-state index contributed by atoms with van der Waals surface area (Å²) in [6.07, 6.45) is 3.23. The van der Waals surface area contributed by atoms with E-state index in [9.17, 15) is 9.59 Å². The molecule has 1 heterocycles. The summed E-state index contributed by atoms with van der Waals surface area (Å²) < 4.78 is 7.86.